The number of rotatable bonds is 9. The lowest BCUT2D eigenvalue weighted by molar-refractivity contribution is -0.119. The van der Waals surface area contributed by atoms with Crippen molar-refractivity contribution in [3.8, 4) is 11.9 Å². The van der Waals surface area contributed by atoms with E-state index in [1.54, 1.807) is 25.4 Å². The lowest BCUT2D eigenvalue weighted by Crippen LogP contribution is -2.27. The van der Waals surface area contributed by atoms with Crippen LogP contribution in [0.25, 0.3) is 0 Å². The number of anilines is 1. The van der Waals surface area contributed by atoms with Gasteiger partial charge in [0.15, 0.2) is 5.76 Å². The Morgan fingerprint density at radius 1 is 1.28 bits per heavy atom. The minimum Gasteiger partial charge on any atom is -0.504 e. The Labute approximate surface area is 171 Å². The number of aliphatic hydroxyl groups excluding tert-OH is 1. The van der Waals surface area contributed by atoms with Crippen LogP contribution in [0.15, 0.2) is 16.5 Å². The summed E-state index contributed by atoms with van der Waals surface area (Å²) in [5.74, 6) is -0.727. The molecule has 0 saturated heterocycles. The molecule has 1 radical (unpaired) electrons. The molecule has 0 spiro atoms. The molecule has 159 valence electrons. The maximum atomic E-state index is 13.1. The van der Waals surface area contributed by atoms with Gasteiger partial charge in [0, 0.05) is 19.7 Å². The maximum Gasteiger partial charge on any atom is 0.321 e. The molecule has 0 aromatic carbocycles. The highest BCUT2D eigenvalue weighted by molar-refractivity contribution is 6.12. The van der Waals surface area contributed by atoms with Gasteiger partial charge in [-0.2, -0.15) is 9.97 Å². The van der Waals surface area contributed by atoms with Gasteiger partial charge in [-0.05, 0) is 26.2 Å². The number of methoxy groups -OCH3 is 2. The SMILES string of the molecule is CCCC(=NOCC)C1=C(O)C(=O)C(c2c(OC)nc(OC)nc2N(C)C)C[CH]1. The summed E-state index contributed by atoms with van der Waals surface area (Å²) in [5, 5.41) is 14.8. The summed E-state index contributed by atoms with van der Waals surface area (Å²) in [4.78, 5) is 28.6. The molecule has 1 aromatic heterocycles. The van der Waals surface area contributed by atoms with Gasteiger partial charge in [-0.15, -0.1) is 0 Å². The van der Waals surface area contributed by atoms with Crippen LogP contribution < -0.4 is 14.4 Å². The van der Waals surface area contributed by atoms with Crippen molar-refractivity contribution in [2.45, 2.75) is 39.0 Å². The van der Waals surface area contributed by atoms with Crippen LogP contribution in [0.2, 0.25) is 0 Å². The van der Waals surface area contributed by atoms with Crippen molar-refractivity contribution in [3.63, 3.8) is 0 Å². The van der Waals surface area contributed by atoms with Crippen LogP contribution in [0, 0.1) is 6.42 Å². The average Bonchev–Trinajstić information content (AvgIpc) is 2.72. The van der Waals surface area contributed by atoms with Crippen molar-refractivity contribution in [2.75, 3.05) is 39.8 Å². The van der Waals surface area contributed by atoms with E-state index in [9.17, 15) is 9.90 Å². The number of ether oxygens (including phenoxy) is 2. The zero-order chi connectivity index (χ0) is 21.6. The molecule has 1 heterocycles. The van der Waals surface area contributed by atoms with E-state index in [2.05, 4.69) is 15.1 Å². The van der Waals surface area contributed by atoms with Crippen LogP contribution in [0.4, 0.5) is 5.82 Å². The van der Waals surface area contributed by atoms with E-state index in [-0.39, 0.29) is 17.6 Å². The molecule has 0 amide bonds. The molecule has 1 N–H and O–H groups in total. The third-order valence-electron chi connectivity index (χ3n) is 4.48. The molecular weight excluding hydrogens is 376 g/mol. The second kappa shape index (κ2) is 10.1. The molecule has 0 fully saturated rings. The number of aromatic nitrogens is 2. The van der Waals surface area contributed by atoms with Crippen LogP contribution in [-0.4, -0.2) is 61.5 Å². The normalized spacial score (nSPS) is 17.4. The number of ketones is 1. The third kappa shape index (κ3) is 4.78. The van der Waals surface area contributed by atoms with Crippen LogP contribution in [0.1, 0.15) is 44.6 Å². The highest BCUT2D eigenvalue weighted by atomic mass is 16.6. The molecule has 1 unspecified atom stereocenters. The molecule has 1 aliphatic rings. The van der Waals surface area contributed by atoms with Crippen molar-refractivity contribution in [1.82, 2.24) is 9.97 Å². The summed E-state index contributed by atoms with van der Waals surface area (Å²) in [6.07, 6.45) is 3.54. The standard InChI is InChI=1S/C20H29N4O5/c1-7-9-14(23-29-8-2)12-10-11-13(17(26)16(12)25)15-18(24(3)4)21-20(28-6)22-19(15)27-5/h10,13,25H,7-9,11H2,1-6H3. The minimum absolute atomic E-state index is 0.135. The topological polar surface area (TPSA) is 106 Å². The molecule has 29 heavy (non-hydrogen) atoms. The zero-order valence-corrected chi connectivity index (χ0v) is 17.9. The number of nitrogens with zero attached hydrogens (tertiary/aromatic N) is 4. The second-order valence-corrected chi connectivity index (χ2v) is 6.68. The number of aliphatic hydroxyl groups is 1. The number of carbonyl (C=O) groups excluding carboxylic acids is 1. The van der Waals surface area contributed by atoms with Crippen LogP contribution in [0.3, 0.4) is 0 Å². The zero-order valence-electron chi connectivity index (χ0n) is 17.9. The molecule has 0 bridgehead atoms. The van der Waals surface area contributed by atoms with Gasteiger partial charge in [-0.3, -0.25) is 4.79 Å². The van der Waals surface area contributed by atoms with Crippen LogP contribution in [-0.2, 0) is 9.63 Å². The summed E-state index contributed by atoms with van der Waals surface area (Å²) in [6.45, 7) is 4.23. The van der Waals surface area contributed by atoms with E-state index in [1.807, 2.05) is 13.8 Å². The fourth-order valence-corrected chi connectivity index (χ4v) is 3.16. The Morgan fingerprint density at radius 3 is 2.55 bits per heavy atom. The van der Waals surface area contributed by atoms with Crippen molar-refractivity contribution in [3.05, 3.63) is 23.3 Å². The predicted octanol–water partition coefficient (Wildman–Crippen LogP) is 2.83. The van der Waals surface area contributed by atoms with Gasteiger partial charge in [0.05, 0.1) is 31.4 Å². The van der Waals surface area contributed by atoms with Gasteiger partial charge in [0.2, 0.25) is 11.7 Å². The van der Waals surface area contributed by atoms with Crippen LogP contribution >= 0.6 is 0 Å². The minimum atomic E-state index is -0.688. The first-order chi connectivity index (χ1) is 13.9. The monoisotopic (exact) mass is 405 g/mol. The van der Waals surface area contributed by atoms with E-state index in [1.165, 1.54) is 14.2 Å². The summed E-state index contributed by atoms with van der Waals surface area (Å²) in [5.41, 5.74) is 1.48. The number of oxime groups is 1. The van der Waals surface area contributed by atoms with Gasteiger partial charge in [0.1, 0.15) is 12.4 Å². The first kappa shape index (κ1) is 22.4. The fraction of sp³-hybridized carbons (Fsp3) is 0.550. The number of allylic oxidation sites excluding steroid dienone is 2. The Bertz CT molecular complexity index is 804. The van der Waals surface area contributed by atoms with Gasteiger partial charge < -0.3 is 24.3 Å². The highest BCUT2D eigenvalue weighted by Crippen LogP contribution is 2.41. The summed E-state index contributed by atoms with van der Waals surface area (Å²) >= 11 is 0. The summed E-state index contributed by atoms with van der Waals surface area (Å²) < 4.78 is 10.6. The Morgan fingerprint density at radius 2 is 2.00 bits per heavy atom. The Hall–Kier alpha value is -2.84. The molecule has 2 rings (SSSR count). The van der Waals surface area contributed by atoms with Crippen LogP contribution in [0.5, 0.6) is 11.9 Å². The lowest BCUT2D eigenvalue weighted by atomic mass is 9.80. The molecule has 9 heteroatoms. The van der Waals surface area contributed by atoms with Gasteiger partial charge in [0.25, 0.3) is 0 Å². The Kier molecular flexibility index (Phi) is 7.81. The van der Waals surface area contributed by atoms with E-state index >= 15 is 0 Å². The quantitative estimate of drug-likeness (QED) is 0.494. The molecule has 1 aliphatic carbocycles. The molecule has 9 nitrogen and oxygen atoms in total. The van der Waals surface area contributed by atoms with E-state index in [0.29, 0.717) is 42.1 Å². The summed E-state index contributed by atoms with van der Waals surface area (Å²) in [6, 6.07) is 0.135. The number of Topliss-reactive ketones (excluding diaryl/α,β-unsaturated/α-hetero) is 1. The van der Waals surface area contributed by atoms with E-state index in [4.69, 9.17) is 14.3 Å². The fourth-order valence-electron chi connectivity index (χ4n) is 3.16. The highest BCUT2D eigenvalue weighted by Gasteiger charge is 2.37. The van der Waals surface area contributed by atoms with Gasteiger partial charge in [-0.25, -0.2) is 0 Å². The maximum absolute atomic E-state index is 13.1. The van der Waals surface area contributed by atoms with Crippen molar-refractivity contribution in [1.29, 1.82) is 0 Å². The number of hydrogen-bond donors (Lipinski definition) is 1. The van der Waals surface area contributed by atoms with E-state index < -0.39 is 11.7 Å². The first-order valence-electron chi connectivity index (χ1n) is 9.56. The van der Waals surface area contributed by atoms with Crippen molar-refractivity contribution < 1.29 is 24.2 Å². The van der Waals surface area contributed by atoms with Crippen molar-refractivity contribution in [2.24, 2.45) is 5.16 Å². The summed E-state index contributed by atoms with van der Waals surface area (Å²) in [7, 11) is 6.53. The average molecular weight is 405 g/mol. The molecule has 1 atom stereocenters. The third-order valence-corrected chi connectivity index (χ3v) is 4.48. The lowest BCUT2D eigenvalue weighted by Gasteiger charge is -2.27. The largest absolute Gasteiger partial charge is 0.504 e. The first-order valence-corrected chi connectivity index (χ1v) is 9.56. The van der Waals surface area contributed by atoms with Crippen molar-refractivity contribution >= 4 is 17.3 Å². The van der Waals surface area contributed by atoms with Gasteiger partial charge >= 0.3 is 6.01 Å². The predicted molar refractivity (Wildman–Crippen MR) is 110 cm³/mol. The number of hydrogen-bond acceptors (Lipinski definition) is 9. The number of carbonyl (C=O) groups is 1. The van der Waals surface area contributed by atoms with E-state index in [0.717, 1.165) is 6.42 Å². The molecule has 0 saturated carbocycles. The molecular formula is C20H29N4O5. The molecule has 1 aromatic rings. The van der Waals surface area contributed by atoms with Gasteiger partial charge in [-0.1, -0.05) is 18.5 Å². The smallest absolute Gasteiger partial charge is 0.321 e. The Balaban J connectivity index is 2.52. The molecule has 0 aliphatic heterocycles. The second-order valence-electron chi connectivity index (χ2n) is 6.68.